The van der Waals surface area contributed by atoms with E-state index in [1.165, 1.54) is 18.9 Å². The highest BCUT2D eigenvalue weighted by molar-refractivity contribution is 5.87. The summed E-state index contributed by atoms with van der Waals surface area (Å²) in [6.45, 7) is 6.60. The molecule has 0 spiro atoms. The molecule has 168 valence electrons. The fourth-order valence-electron chi connectivity index (χ4n) is 3.14. The van der Waals surface area contributed by atoms with Crippen LogP contribution in [0.2, 0.25) is 0 Å². The predicted octanol–water partition coefficient (Wildman–Crippen LogP) is 6.42. The molecule has 0 amide bonds. The van der Waals surface area contributed by atoms with Gasteiger partial charge in [-0.05, 0) is 68.5 Å². The number of hydrogen-bond acceptors (Lipinski definition) is 4. The summed E-state index contributed by atoms with van der Waals surface area (Å²) in [5.41, 5.74) is 2.70. The van der Waals surface area contributed by atoms with Crippen molar-refractivity contribution in [1.82, 2.24) is 0 Å². The highest BCUT2D eigenvalue weighted by Crippen LogP contribution is 2.23. The molecule has 4 nitrogen and oxygen atoms in total. The molecule has 0 aliphatic rings. The molecule has 0 radical (unpaired) electrons. The van der Waals surface area contributed by atoms with Crippen molar-refractivity contribution in [3.05, 3.63) is 60.2 Å². The Morgan fingerprint density at radius 1 is 0.839 bits per heavy atom. The van der Waals surface area contributed by atoms with Crippen molar-refractivity contribution in [2.24, 2.45) is 0 Å². The predicted molar refractivity (Wildman–Crippen MR) is 127 cm³/mol. The highest BCUT2D eigenvalue weighted by atomic mass is 16.6. The van der Waals surface area contributed by atoms with Crippen LogP contribution < -0.4 is 4.74 Å². The van der Waals surface area contributed by atoms with Crippen molar-refractivity contribution < 1.29 is 19.4 Å². The number of ether oxygens (including phenoxy) is 2. The molecule has 2 aromatic rings. The van der Waals surface area contributed by atoms with Crippen LogP contribution in [-0.2, 0) is 9.53 Å². The van der Waals surface area contributed by atoms with E-state index >= 15 is 0 Å². The molecule has 2 aromatic carbocycles. The molecular formula is C27H36O4. The number of aliphatic hydroxyl groups is 1. The van der Waals surface area contributed by atoms with Gasteiger partial charge in [0.2, 0.25) is 0 Å². The van der Waals surface area contributed by atoms with Crippen molar-refractivity contribution in [3.63, 3.8) is 0 Å². The Kier molecular flexibility index (Phi) is 10.3. The third-order valence-corrected chi connectivity index (χ3v) is 4.74. The second-order valence-electron chi connectivity index (χ2n) is 8.71. The molecule has 0 unspecified atom stereocenters. The number of esters is 1. The average molecular weight is 425 g/mol. The van der Waals surface area contributed by atoms with Crippen LogP contribution in [0.4, 0.5) is 0 Å². The number of carbonyl (C=O) groups is 1. The number of aliphatic hydroxyl groups excluding tert-OH is 1. The van der Waals surface area contributed by atoms with Crippen molar-refractivity contribution in [3.8, 4) is 16.9 Å². The molecule has 0 saturated heterocycles. The zero-order valence-corrected chi connectivity index (χ0v) is 19.1. The van der Waals surface area contributed by atoms with E-state index in [0.717, 1.165) is 54.7 Å². The Morgan fingerprint density at radius 2 is 1.39 bits per heavy atom. The lowest BCUT2D eigenvalue weighted by Gasteiger charge is -2.17. The summed E-state index contributed by atoms with van der Waals surface area (Å²) in [5, 5.41) is 8.77. The summed E-state index contributed by atoms with van der Waals surface area (Å²) in [6, 6.07) is 16.2. The van der Waals surface area contributed by atoms with E-state index in [9.17, 15) is 4.79 Å². The lowest BCUT2D eigenvalue weighted by molar-refractivity contribution is -0.148. The van der Waals surface area contributed by atoms with Gasteiger partial charge in [0, 0.05) is 12.7 Å². The Morgan fingerprint density at radius 3 is 1.97 bits per heavy atom. The number of rotatable bonds is 12. The molecule has 0 bridgehead atoms. The van der Waals surface area contributed by atoms with Gasteiger partial charge in [-0.2, -0.15) is 0 Å². The first-order valence-electron chi connectivity index (χ1n) is 11.2. The Balaban J connectivity index is 1.77. The van der Waals surface area contributed by atoms with E-state index in [0.29, 0.717) is 6.61 Å². The second kappa shape index (κ2) is 13.0. The molecule has 0 fully saturated rings. The van der Waals surface area contributed by atoms with Crippen LogP contribution in [0.25, 0.3) is 17.2 Å². The fraction of sp³-hybridized carbons (Fsp3) is 0.444. The summed E-state index contributed by atoms with van der Waals surface area (Å²) in [4.78, 5) is 11.8. The molecule has 0 aromatic heterocycles. The van der Waals surface area contributed by atoms with Crippen LogP contribution in [0.15, 0.2) is 54.6 Å². The van der Waals surface area contributed by atoms with E-state index in [-0.39, 0.29) is 5.97 Å². The van der Waals surface area contributed by atoms with Crippen LogP contribution in [0.1, 0.15) is 64.9 Å². The molecule has 4 heteroatoms. The molecular weight excluding hydrogens is 388 g/mol. The Bertz CT molecular complexity index is 799. The summed E-state index contributed by atoms with van der Waals surface area (Å²) in [7, 11) is 0. The second-order valence-corrected chi connectivity index (χ2v) is 8.71. The Labute approximate surface area is 186 Å². The van der Waals surface area contributed by atoms with Gasteiger partial charge in [0.25, 0.3) is 0 Å². The van der Waals surface area contributed by atoms with Gasteiger partial charge in [0.1, 0.15) is 11.4 Å². The van der Waals surface area contributed by atoms with Crippen LogP contribution in [0.5, 0.6) is 5.75 Å². The first-order valence-corrected chi connectivity index (χ1v) is 11.2. The van der Waals surface area contributed by atoms with E-state index in [4.69, 9.17) is 14.6 Å². The smallest absolute Gasteiger partial charge is 0.331 e. The van der Waals surface area contributed by atoms with Gasteiger partial charge in [-0.1, -0.05) is 62.1 Å². The van der Waals surface area contributed by atoms with Gasteiger partial charge in [0.15, 0.2) is 0 Å². The lowest BCUT2D eigenvalue weighted by atomic mass is 10.0. The highest BCUT2D eigenvalue weighted by Gasteiger charge is 2.13. The van der Waals surface area contributed by atoms with Crippen LogP contribution >= 0.6 is 0 Å². The maximum absolute atomic E-state index is 11.8. The third-order valence-electron chi connectivity index (χ3n) is 4.74. The van der Waals surface area contributed by atoms with E-state index < -0.39 is 5.60 Å². The van der Waals surface area contributed by atoms with E-state index in [2.05, 4.69) is 12.1 Å². The fourth-order valence-corrected chi connectivity index (χ4v) is 3.14. The molecule has 0 aliphatic heterocycles. The van der Waals surface area contributed by atoms with Gasteiger partial charge < -0.3 is 14.6 Å². The summed E-state index contributed by atoms with van der Waals surface area (Å²) >= 11 is 0. The normalized spacial score (nSPS) is 11.6. The van der Waals surface area contributed by atoms with Crippen LogP contribution in [0, 0.1) is 0 Å². The SMILES string of the molecule is CC(C)(C)OC(=O)/C=C/c1ccc(-c2ccc(OCCCCCCCCO)cc2)cc1. The van der Waals surface area contributed by atoms with Gasteiger partial charge in [-0.25, -0.2) is 4.79 Å². The van der Waals surface area contributed by atoms with Crippen molar-refractivity contribution in [2.45, 2.75) is 64.9 Å². The molecule has 2 rings (SSSR count). The maximum atomic E-state index is 11.8. The first-order chi connectivity index (χ1) is 14.9. The molecule has 0 atom stereocenters. The Hall–Kier alpha value is -2.59. The molecule has 0 saturated carbocycles. The number of unbranched alkanes of at least 4 members (excludes halogenated alkanes) is 5. The van der Waals surface area contributed by atoms with Gasteiger partial charge in [-0.3, -0.25) is 0 Å². The summed E-state index contributed by atoms with van der Waals surface area (Å²) < 4.78 is 11.1. The van der Waals surface area contributed by atoms with E-state index in [1.807, 2.05) is 57.2 Å². The summed E-state index contributed by atoms with van der Waals surface area (Å²) in [6.07, 6.45) is 9.85. The van der Waals surface area contributed by atoms with E-state index in [1.54, 1.807) is 6.08 Å². The first kappa shape index (κ1) is 24.7. The van der Waals surface area contributed by atoms with Crippen molar-refractivity contribution >= 4 is 12.0 Å². The van der Waals surface area contributed by atoms with Gasteiger partial charge in [0.05, 0.1) is 6.61 Å². The standard InChI is InChI=1S/C27H36O4/c1-27(2,3)31-26(29)19-12-22-10-13-23(14-11-22)24-15-17-25(18-16-24)30-21-9-7-5-4-6-8-20-28/h10-19,28H,4-9,20-21H2,1-3H3/b19-12+. The molecule has 31 heavy (non-hydrogen) atoms. The lowest BCUT2D eigenvalue weighted by Crippen LogP contribution is -2.22. The van der Waals surface area contributed by atoms with Gasteiger partial charge >= 0.3 is 5.97 Å². The minimum Gasteiger partial charge on any atom is -0.494 e. The number of hydrogen-bond donors (Lipinski definition) is 1. The maximum Gasteiger partial charge on any atom is 0.331 e. The zero-order chi connectivity index (χ0) is 22.5. The topological polar surface area (TPSA) is 55.8 Å². The number of benzene rings is 2. The summed E-state index contributed by atoms with van der Waals surface area (Å²) in [5.74, 6) is 0.551. The molecule has 1 N–H and O–H groups in total. The largest absolute Gasteiger partial charge is 0.494 e. The monoisotopic (exact) mass is 424 g/mol. The minimum absolute atomic E-state index is 0.300. The molecule has 0 heterocycles. The van der Waals surface area contributed by atoms with Crippen molar-refractivity contribution in [1.29, 1.82) is 0 Å². The van der Waals surface area contributed by atoms with Crippen LogP contribution in [0.3, 0.4) is 0 Å². The third kappa shape index (κ3) is 10.3. The average Bonchev–Trinajstić information content (AvgIpc) is 2.74. The number of carbonyl (C=O) groups excluding carboxylic acids is 1. The van der Waals surface area contributed by atoms with Gasteiger partial charge in [-0.15, -0.1) is 0 Å². The zero-order valence-electron chi connectivity index (χ0n) is 19.1. The van der Waals surface area contributed by atoms with Crippen LogP contribution in [-0.4, -0.2) is 29.9 Å². The molecule has 0 aliphatic carbocycles. The quantitative estimate of drug-likeness (QED) is 0.243. The van der Waals surface area contributed by atoms with Crippen molar-refractivity contribution in [2.75, 3.05) is 13.2 Å². The minimum atomic E-state index is -0.484.